The highest BCUT2D eigenvalue weighted by molar-refractivity contribution is 7.99. The Kier molecular flexibility index (Phi) is 6.69. The summed E-state index contributed by atoms with van der Waals surface area (Å²) in [4.78, 5) is 24.6. The van der Waals surface area contributed by atoms with Crippen molar-refractivity contribution in [1.29, 1.82) is 0 Å². The number of aryl methyl sites for hydroxylation is 2. The molecular formula is C16H19ClN4O2S. The molecule has 0 unspecified atom stereocenters. The highest BCUT2D eigenvalue weighted by Gasteiger charge is 2.08. The van der Waals surface area contributed by atoms with Crippen molar-refractivity contribution in [3.63, 3.8) is 0 Å². The SMILES string of the molecule is Cc1cc(C)n(CC(=O)NNC(=O)CCSc2ccc(Cl)cc2)n1. The largest absolute Gasteiger partial charge is 0.273 e. The van der Waals surface area contributed by atoms with Gasteiger partial charge in [-0.05, 0) is 44.2 Å². The Morgan fingerprint density at radius 3 is 2.46 bits per heavy atom. The number of carbonyl (C=O) groups excluding carboxylic acids is 2. The third-order valence-corrected chi connectivity index (χ3v) is 4.42. The lowest BCUT2D eigenvalue weighted by molar-refractivity contribution is -0.129. The lowest BCUT2D eigenvalue weighted by atomic mass is 10.4. The van der Waals surface area contributed by atoms with Crippen LogP contribution in [0.5, 0.6) is 0 Å². The van der Waals surface area contributed by atoms with Crippen LogP contribution in [-0.4, -0.2) is 27.3 Å². The van der Waals surface area contributed by atoms with Crippen LogP contribution < -0.4 is 10.9 Å². The monoisotopic (exact) mass is 366 g/mol. The second kappa shape index (κ2) is 8.75. The molecule has 6 nitrogen and oxygen atoms in total. The van der Waals surface area contributed by atoms with E-state index in [4.69, 9.17) is 11.6 Å². The van der Waals surface area contributed by atoms with Gasteiger partial charge in [-0.3, -0.25) is 25.1 Å². The maximum atomic E-state index is 11.8. The zero-order chi connectivity index (χ0) is 17.5. The first-order valence-electron chi connectivity index (χ1n) is 7.41. The predicted octanol–water partition coefficient (Wildman–Crippen LogP) is 2.48. The summed E-state index contributed by atoms with van der Waals surface area (Å²) >= 11 is 7.37. The average molecular weight is 367 g/mol. The van der Waals surface area contributed by atoms with Gasteiger partial charge in [0.15, 0.2) is 0 Å². The number of halogens is 1. The van der Waals surface area contributed by atoms with Gasteiger partial charge in [-0.15, -0.1) is 11.8 Å². The van der Waals surface area contributed by atoms with E-state index in [-0.39, 0.29) is 18.4 Å². The van der Waals surface area contributed by atoms with E-state index in [0.717, 1.165) is 16.3 Å². The summed E-state index contributed by atoms with van der Waals surface area (Å²) in [6.45, 7) is 3.81. The molecule has 2 amide bonds. The van der Waals surface area contributed by atoms with Crippen LogP contribution in [0, 0.1) is 13.8 Å². The molecule has 0 fully saturated rings. The van der Waals surface area contributed by atoms with Crippen LogP contribution in [0.25, 0.3) is 0 Å². The second-order valence-electron chi connectivity index (χ2n) is 5.23. The molecule has 0 aliphatic carbocycles. The fourth-order valence-electron chi connectivity index (χ4n) is 2.00. The van der Waals surface area contributed by atoms with Crippen LogP contribution in [0.3, 0.4) is 0 Å². The predicted molar refractivity (Wildman–Crippen MR) is 94.8 cm³/mol. The summed E-state index contributed by atoms with van der Waals surface area (Å²) in [7, 11) is 0. The second-order valence-corrected chi connectivity index (χ2v) is 6.84. The standard InChI is InChI=1S/C16H19ClN4O2S/c1-11-9-12(2)21(20-11)10-16(23)19-18-15(22)7-8-24-14-5-3-13(17)4-6-14/h3-6,9H,7-8,10H2,1-2H3,(H,18,22)(H,19,23). The molecule has 1 heterocycles. The molecule has 0 spiro atoms. The van der Waals surface area contributed by atoms with Gasteiger partial charge in [-0.25, -0.2) is 0 Å². The van der Waals surface area contributed by atoms with Crippen LogP contribution in [-0.2, 0) is 16.1 Å². The lowest BCUT2D eigenvalue weighted by Crippen LogP contribution is -2.43. The zero-order valence-corrected chi connectivity index (χ0v) is 15.1. The van der Waals surface area contributed by atoms with Crippen molar-refractivity contribution in [2.75, 3.05) is 5.75 Å². The summed E-state index contributed by atoms with van der Waals surface area (Å²) in [5.74, 6) is 0.0546. The van der Waals surface area contributed by atoms with Crippen molar-refractivity contribution in [3.05, 3.63) is 46.7 Å². The Balaban J connectivity index is 1.66. The molecule has 0 atom stereocenters. The maximum absolute atomic E-state index is 11.8. The van der Waals surface area contributed by atoms with Gasteiger partial charge < -0.3 is 0 Å². The topological polar surface area (TPSA) is 76.0 Å². The molecule has 1 aromatic heterocycles. The van der Waals surface area contributed by atoms with Crippen LogP contribution in [0.4, 0.5) is 0 Å². The van der Waals surface area contributed by atoms with E-state index in [0.29, 0.717) is 17.2 Å². The Bertz CT molecular complexity index is 715. The number of nitrogens with zero attached hydrogens (tertiary/aromatic N) is 2. The normalized spacial score (nSPS) is 10.5. The molecule has 128 valence electrons. The summed E-state index contributed by atoms with van der Waals surface area (Å²) in [5, 5.41) is 4.88. The number of amides is 2. The number of hydrogen-bond donors (Lipinski definition) is 2. The highest BCUT2D eigenvalue weighted by Crippen LogP contribution is 2.20. The Morgan fingerprint density at radius 1 is 1.17 bits per heavy atom. The molecule has 2 aromatic rings. The minimum Gasteiger partial charge on any atom is -0.273 e. The summed E-state index contributed by atoms with van der Waals surface area (Å²) < 4.78 is 1.59. The Labute approximate surface area is 149 Å². The van der Waals surface area contributed by atoms with Gasteiger partial charge >= 0.3 is 0 Å². The average Bonchev–Trinajstić information content (AvgIpc) is 2.85. The van der Waals surface area contributed by atoms with E-state index in [1.807, 2.05) is 44.2 Å². The molecule has 0 bridgehead atoms. The molecule has 24 heavy (non-hydrogen) atoms. The van der Waals surface area contributed by atoms with E-state index < -0.39 is 0 Å². The number of hydrazine groups is 1. The van der Waals surface area contributed by atoms with Crippen LogP contribution in [0.1, 0.15) is 17.8 Å². The first-order valence-corrected chi connectivity index (χ1v) is 8.77. The van der Waals surface area contributed by atoms with Crippen molar-refractivity contribution in [3.8, 4) is 0 Å². The van der Waals surface area contributed by atoms with E-state index in [1.165, 1.54) is 0 Å². The zero-order valence-electron chi connectivity index (χ0n) is 13.5. The number of rotatable bonds is 6. The number of hydrogen-bond acceptors (Lipinski definition) is 4. The molecular weight excluding hydrogens is 348 g/mol. The number of carbonyl (C=O) groups is 2. The summed E-state index contributed by atoms with van der Waals surface area (Å²) in [6.07, 6.45) is 0.299. The van der Waals surface area contributed by atoms with E-state index >= 15 is 0 Å². The van der Waals surface area contributed by atoms with Crippen molar-refractivity contribution in [2.24, 2.45) is 0 Å². The maximum Gasteiger partial charge on any atom is 0.260 e. The number of nitrogens with one attached hydrogen (secondary N) is 2. The molecule has 0 saturated heterocycles. The van der Waals surface area contributed by atoms with Gasteiger partial charge in [-0.2, -0.15) is 5.10 Å². The fraction of sp³-hybridized carbons (Fsp3) is 0.312. The molecule has 0 radical (unpaired) electrons. The molecule has 0 saturated carbocycles. The minimum atomic E-state index is -0.320. The number of aromatic nitrogens is 2. The van der Waals surface area contributed by atoms with E-state index in [1.54, 1.807) is 16.4 Å². The molecule has 2 rings (SSSR count). The van der Waals surface area contributed by atoms with Crippen LogP contribution >= 0.6 is 23.4 Å². The first-order chi connectivity index (χ1) is 11.4. The Hall–Kier alpha value is -1.99. The molecule has 0 aliphatic heterocycles. The molecule has 8 heteroatoms. The van der Waals surface area contributed by atoms with Gasteiger partial charge in [0.1, 0.15) is 6.54 Å². The van der Waals surface area contributed by atoms with Gasteiger partial charge in [0, 0.05) is 27.8 Å². The summed E-state index contributed by atoms with van der Waals surface area (Å²) in [5.41, 5.74) is 6.55. The van der Waals surface area contributed by atoms with E-state index in [9.17, 15) is 9.59 Å². The number of benzene rings is 1. The van der Waals surface area contributed by atoms with Crippen LogP contribution in [0.15, 0.2) is 35.2 Å². The highest BCUT2D eigenvalue weighted by atomic mass is 35.5. The molecule has 2 N–H and O–H groups in total. The van der Waals surface area contributed by atoms with Crippen LogP contribution in [0.2, 0.25) is 5.02 Å². The van der Waals surface area contributed by atoms with Crippen molar-refractivity contribution in [2.45, 2.75) is 31.7 Å². The van der Waals surface area contributed by atoms with Gasteiger partial charge in [0.05, 0.1) is 5.69 Å². The van der Waals surface area contributed by atoms with Crippen molar-refractivity contribution < 1.29 is 9.59 Å². The minimum absolute atomic E-state index is 0.0689. The molecule has 1 aromatic carbocycles. The quantitative estimate of drug-likeness (QED) is 0.608. The van der Waals surface area contributed by atoms with Gasteiger partial charge in [0.25, 0.3) is 5.91 Å². The van der Waals surface area contributed by atoms with E-state index in [2.05, 4.69) is 16.0 Å². The summed E-state index contributed by atoms with van der Waals surface area (Å²) in [6, 6.07) is 9.31. The van der Waals surface area contributed by atoms with Crippen molar-refractivity contribution >= 4 is 35.2 Å². The third-order valence-electron chi connectivity index (χ3n) is 3.15. The van der Waals surface area contributed by atoms with Crippen molar-refractivity contribution in [1.82, 2.24) is 20.6 Å². The first kappa shape index (κ1) is 18.4. The fourth-order valence-corrected chi connectivity index (χ4v) is 2.98. The molecule has 0 aliphatic rings. The smallest absolute Gasteiger partial charge is 0.260 e. The third kappa shape index (κ3) is 5.90. The van der Waals surface area contributed by atoms with Gasteiger partial charge in [0.2, 0.25) is 5.91 Å². The van der Waals surface area contributed by atoms with Gasteiger partial charge in [-0.1, -0.05) is 11.6 Å². The Morgan fingerprint density at radius 2 is 1.83 bits per heavy atom. The number of thioether (sulfide) groups is 1. The lowest BCUT2D eigenvalue weighted by Gasteiger charge is -2.08.